The maximum atomic E-state index is 11.6. The predicted molar refractivity (Wildman–Crippen MR) is 83.9 cm³/mol. The van der Waals surface area contributed by atoms with Gasteiger partial charge < -0.3 is 5.32 Å². The second-order valence-electron chi connectivity index (χ2n) is 5.23. The Morgan fingerprint density at radius 2 is 2.00 bits per heavy atom. The van der Waals surface area contributed by atoms with Crippen molar-refractivity contribution in [1.29, 1.82) is 0 Å². The Bertz CT molecular complexity index is 572. The minimum Gasteiger partial charge on any atom is -0.354 e. The SMILES string of the molecule is Cc1ccc(-c2nc(CCC(=O)NC(C)C)cs2)cc1. The predicted octanol–water partition coefficient (Wildman–Crippen LogP) is 3.58. The largest absolute Gasteiger partial charge is 0.354 e. The Hall–Kier alpha value is -1.68. The number of thiazole rings is 1. The first kappa shape index (κ1) is 14.7. The summed E-state index contributed by atoms with van der Waals surface area (Å²) in [4.78, 5) is 16.2. The fourth-order valence-electron chi connectivity index (χ4n) is 1.89. The second-order valence-corrected chi connectivity index (χ2v) is 6.09. The Kier molecular flexibility index (Phi) is 4.90. The maximum absolute atomic E-state index is 11.6. The van der Waals surface area contributed by atoms with E-state index in [-0.39, 0.29) is 11.9 Å². The van der Waals surface area contributed by atoms with Gasteiger partial charge in [-0.15, -0.1) is 11.3 Å². The van der Waals surface area contributed by atoms with Crippen LogP contribution in [0, 0.1) is 6.92 Å². The van der Waals surface area contributed by atoms with Crippen LogP contribution in [0.15, 0.2) is 29.6 Å². The lowest BCUT2D eigenvalue weighted by Gasteiger charge is -2.06. The maximum Gasteiger partial charge on any atom is 0.220 e. The Labute approximate surface area is 124 Å². The first-order valence-corrected chi connectivity index (χ1v) is 7.73. The van der Waals surface area contributed by atoms with Crippen molar-refractivity contribution in [2.45, 2.75) is 39.7 Å². The number of nitrogens with zero attached hydrogens (tertiary/aromatic N) is 1. The van der Waals surface area contributed by atoms with E-state index in [1.807, 2.05) is 19.2 Å². The van der Waals surface area contributed by atoms with Gasteiger partial charge in [0.25, 0.3) is 0 Å². The number of carbonyl (C=O) groups excluding carboxylic acids is 1. The van der Waals surface area contributed by atoms with Gasteiger partial charge in [-0.25, -0.2) is 4.98 Å². The second kappa shape index (κ2) is 6.66. The summed E-state index contributed by atoms with van der Waals surface area (Å²) in [6, 6.07) is 8.55. The van der Waals surface area contributed by atoms with Gasteiger partial charge in [0.05, 0.1) is 5.69 Å². The van der Waals surface area contributed by atoms with Gasteiger partial charge >= 0.3 is 0 Å². The molecule has 4 heteroatoms. The van der Waals surface area contributed by atoms with Crippen LogP contribution in [0.5, 0.6) is 0 Å². The molecule has 3 nitrogen and oxygen atoms in total. The molecule has 0 saturated carbocycles. The minimum atomic E-state index is 0.0879. The highest BCUT2D eigenvalue weighted by molar-refractivity contribution is 7.13. The van der Waals surface area contributed by atoms with Gasteiger partial charge in [-0.1, -0.05) is 29.8 Å². The first-order valence-electron chi connectivity index (χ1n) is 6.85. The molecule has 0 bridgehead atoms. The summed E-state index contributed by atoms with van der Waals surface area (Å²) in [6.45, 7) is 6.01. The zero-order valence-corrected chi connectivity index (χ0v) is 13.0. The van der Waals surface area contributed by atoms with Crippen LogP contribution >= 0.6 is 11.3 Å². The van der Waals surface area contributed by atoms with Gasteiger partial charge in [0.1, 0.15) is 5.01 Å². The van der Waals surface area contributed by atoms with Crippen LogP contribution in [-0.2, 0) is 11.2 Å². The van der Waals surface area contributed by atoms with Crippen LogP contribution in [-0.4, -0.2) is 16.9 Å². The number of carbonyl (C=O) groups is 1. The molecule has 2 aromatic rings. The molecule has 0 fully saturated rings. The van der Waals surface area contributed by atoms with E-state index >= 15 is 0 Å². The lowest BCUT2D eigenvalue weighted by Crippen LogP contribution is -2.30. The van der Waals surface area contributed by atoms with Gasteiger partial charge in [-0.05, 0) is 27.2 Å². The zero-order chi connectivity index (χ0) is 14.5. The highest BCUT2D eigenvalue weighted by Crippen LogP contribution is 2.24. The summed E-state index contributed by atoms with van der Waals surface area (Å²) in [5.74, 6) is 0.0879. The molecular formula is C16H20N2OS. The van der Waals surface area contributed by atoms with E-state index in [9.17, 15) is 4.79 Å². The van der Waals surface area contributed by atoms with Crippen LogP contribution in [0.2, 0.25) is 0 Å². The number of benzene rings is 1. The van der Waals surface area contributed by atoms with Crippen LogP contribution in [0.3, 0.4) is 0 Å². The highest BCUT2D eigenvalue weighted by Gasteiger charge is 2.08. The van der Waals surface area contributed by atoms with E-state index in [2.05, 4.69) is 41.5 Å². The molecule has 20 heavy (non-hydrogen) atoms. The number of rotatable bonds is 5. The molecule has 1 N–H and O–H groups in total. The molecule has 0 unspecified atom stereocenters. The van der Waals surface area contributed by atoms with E-state index in [4.69, 9.17) is 0 Å². The molecule has 0 aliphatic rings. The van der Waals surface area contributed by atoms with E-state index in [0.717, 1.165) is 16.3 Å². The first-order chi connectivity index (χ1) is 9.54. The fraction of sp³-hybridized carbons (Fsp3) is 0.375. The van der Waals surface area contributed by atoms with Crippen molar-refractivity contribution in [2.75, 3.05) is 0 Å². The van der Waals surface area contributed by atoms with Crippen LogP contribution in [0.4, 0.5) is 0 Å². The monoisotopic (exact) mass is 288 g/mol. The molecular weight excluding hydrogens is 268 g/mol. The van der Waals surface area contributed by atoms with Gasteiger partial charge in [-0.3, -0.25) is 4.79 Å². The number of hydrogen-bond acceptors (Lipinski definition) is 3. The van der Waals surface area contributed by atoms with E-state index in [1.54, 1.807) is 11.3 Å². The third-order valence-corrected chi connectivity index (χ3v) is 3.85. The molecule has 0 spiro atoms. The van der Waals surface area contributed by atoms with Gasteiger partial charge in [0, 0.05) is 23.4 Å². The van der Waals surface area contributed by atoms with Crippen molar-refractivity contribution in [2.24, 2.45) is 0 Å². The average molecular weight is 288 g/mol. The topological polar surface area (TPSA) is 42.0 Å². The highest BCUT2D eigenvalue weighted by atomic mass is 32.1. The summed E-state index contributed by atoms with van der Waals surface area (Å²) in [6.07, 6.45) is 1.19. The van der Waals surface area contributed by atoms with Crippen LogP contribution in [0.1, 0.15) is 31.5 Å². The summed E-state index contributed by atoms with van der Waals surface area (Å²) < 4.78 is 0. The van der Waals surface area contributed by atoms with E-state index in [1.165, 1.54) is 5.56 Å². The standard InChI is InChI=1S/C16H20N2OS/c1-11(2)17-15(19)9-8-14-10-20-16(18-14)13-6-4-12(3)5-7-13/h4-7,10-11H,8-9H2,1-3H3,(H,17,19). The van der Waals surface area contributed by atoms with Gasteiger partial charge in [0.15, 0.2) is 0 Å². The van der Waals surface area contributed by atoms with Gasteiger partial charge in [0.2, 0.25) is 5.91 Å². The molecule has 0 aliphatic heterocycles. The molecule has 0 aliphatic carbocycles. The Morgan fingerprint density at radius 1 is 1.30 bits per heavy atom. The summed E-state index contributed by atoms with van der Waals surface area (Å²) >= 11 is 1.63. The smallest absolute Gasteiger partial charge is 0.220 e. The normalized spacial score (nSPS) is 10.8. The molecule has 1 amide bonds. The van der Waals surface area contributed by atoms with Crippen molar-refractivity contribution in [3.63, 3.8) is 0 Å². The molecule has 0 saturated heterocycles. The van der Waals surface area contributed by atoms with E-state index < -0.39 is 0 Å². The average Bonchev–Trinajstić information content (AvgIpc) is 2.85. The lowest BCUT2D eigenvalue weighted by atomic mass is 10.1. The molecule has 1 aromatic carbocycles. The summed E-state index contributed by atoms with van der Waals surface area (Å²) in [7, 11) is 0. The van der Waals surface area contributed by atoms with Crippen molar-refractivity contribution in [1.82, 2.24) is 10.3 Å². The van der Waals surface area contributed by atoms with Crippen LogP contribution < -0.4 is 5.32 Å². The number of hydrogen-bond donors (Lipinski definition) is 1. The Balaban J connectivity index is 1.95. The number of amides is 1. The van der Waals surface area contributed by atoms with E-state index in [0.29, 0.717) is 12.8 Å². The number of aryl methyl sites for hydroxylation is 2. The molecule has 1 aromatic heterocycles. The van der Waals surface area contributed by atoms with Crippen molar-refractivity contribution >= 4 is 17.2 Å². The third-order valence-electron chi connectivity index (χ3n) is 2.91. The summed E-state index contributed by atoms with van der Waals surface area (Å²) in [5.41, 5.74) is 3.37. The zero-order valence-electron chi connectivity index (χ0n) is 12.1. The molecule has 0 atom stereocenters. The van der Waals surface area contributed by atoms with Gasteiger partial charge in [-0.2, -0.15) is 0 Å². The molecule has 0 radical (unpaired) electrons. The van der Waals surface area contributed by atoms with Crippen molar-refractivity contribution in [3.05, 3.63) is 40.9 Å². The quantitative estimate of drug-likeness (QED) is 0.913. The van der Waals surface area contributed by atoms with Crippen molar-refractivity contribution < 1.29 is 4.79 Å². The summed E-state index contributed by atoms with van der Waals surface area (Å²) in [5, 5.41) is 5.95. The van der Waals surface area contributed by atoms with Crippen LogP contribution in [0.25, 0.3) is 10.6 Å². The van der Waals surface area contributed by atoms with Crippen molar-refractivity contribution in [3.8, 4) is 10.6 Å². The number of nitrogens with one attached hydrogen (secondary N) is 1. The third kappa shape index (κ3) is 4.17. The minimum absolute atomic E-state index is 0.0879. The molecule has 1 heterocycles. The molecule has 2 rings (SSSR count). The Morgan fingerprint density at radius 3 is 2.65 bits per heavy atom. The number of aromatic nitrogens is 1. The lowest BCUT2D eigenvalue weighted by molar-refractivity contribution is -0.121. The fourth-order valence-corrected chi connectivity index (χ4v) is 2.75. The molecule has 106 valence electrons.